The SMILES string of the molecule is COCCNCCC(C)(O)c1cc(F)ccc1C. The Morgan fingerprint density at radius 3 is 2.78 bits per heavy atom. The summed E-state index contributed by atoms with van der Waals surface area (Å²) in [5.41, 5.74) is 0.529. The molecule has 0 saturated carbocycles. The van der Waals surface area contributed by atoms with Crippen LogP contribution in [-0.2, 0) is 10.3 Å². The molecule has 102 valence electrons. The van der Waals surface area contributed by atoms with Crippen molar-refractivity contribution in [2.75, 3.05) is 26.8 Å². The number of aliphatic hydroxyl groups is 1. The molecule has 18 heavy (non-hydrogen) atoms. The fourth-order valence-corrected chi connectivity index (χ4v) is 1.94. The second-order valence-electron chi connectivity index (χ2n) is 4.73. The summed E-state index contributed by atoms with van der Waals surface area (Å²) in [5, 5.41) is 13.6. The van der Waals surface area contributed by atoms with E-state index >= 15 is 0 Å². The Bertz CT molecular complexity index is 380. The lowest BCUT2D eigenvalue weighted by molar-refractivity contribution is 0.0466. The van der Waals surface area contributed by atoms with Crippen LogP contribution in [0.2, 0.25) is 0 Å². The number of halogens is 1. The molecule has 0 spiro atoms. The summed E-state index contributed by atoms with van der Waals surface area (Å²) in [7, 11) is 1.65. The van der Waals surface area contributed by atoms with Gasteiger partial charge < -0.3 is 15.2 Å². The molecular weight excluding hydrogens is 233 g/mol. The molecule has 0 bridgehead atoms. The number of methoxy groups -OCH3 is 1. The van der Waals surface area contributed by atoms with Crippen LogP contribution < -0.4 is 5.32 Å². The number of ether oxygens (including phenoxy) is 1. The van der Waals surface area contributed by atoms with E-state index in [0.29, 0.717) is 25.1 Å². The highest BCUT2D eigenvalue weighted by Gasteiger charge is 2.24. The molecule has 0 aliphatic rings. The highest BCUT2D eigenvalue weighted by molar-refractivity contribution is 5.31. The molecule has 0 radical (unpaired) electrons. The number of hydrogen-bond acceptors (Lipinski definition) is 3. The fraction of sp³-hybridized carbons (Fsp3) is 0.571. The van der Waals surface area contributed by atoms with E-state index in [4.69, 9.17) is 4.74 Å². The lowest BCUT2D eigenvalue weighted by Crippen LogP contribution is -2.30. The summed E-state index contributed by atoms with van der Waals surface area (Å²) in [6, 6.07) is 4.51. The van der Waals surface area contributed by atoms with Gasteiger partial charge in [0.15, 0.2) is 0 Å². The Labute approximate surface area is 108 Å². The number of nitrogens with one attached hydrogen (secondary N) is 1. The number of aryl methyl sites for hydroxylation is 1. The van der Waals surface area contributed by atoms with E-state index in [0.717, 1.165) is 12.1 Å². The Morgan fingerprint density at radius 1 is 1.39 bits per heavy atom. The van der Waals surface area contributed by atoms with Gasteiger partial charge in [0.1, 0.15) is 5.82 Å². The monoisotopic (exact) mass is 255 g/mol. The van der Waals surface area contributed by atoms with Crippen molar-refractivity contribution in [1.29, 1.82) is 0 Å². The molecule has 3 nitrogen and oxygen atoms in total. The highest BCUT2D eigenvalue weighted by Crippen LogP contribution is 2.27. The predicted molar refractivity (Wildman–Crippen MR) is 70.1 cm³/mol. The first kappa shape index (κ1) is 15.1. The minimum atomic E-state index is -1.02. The van der Waals surface area contributed by atoms with Crippen LogP contribution in [0.25, 0.3) is 0 Å². The van der Waals surface area contributed by atoms with Crippen LogP contribution in [0.1, 0.15) is 24.5 Å². The maximum atomic E-state index is 13.2. The van der Waals surface area contributed by atoms with Crippen LogP contribution in [0.5, 0.6) is 0 Å². The summed E-state index contributed by atoms with van der Waals surface area (Å²) >= 11 is 0. The van der Waals surface area contributed by atoms with Crippen molar-refractivity contribution in [2.24, 2.45) is 0 Å². The molecular formula is C14H22FNO2. The molecule has 1 atom stereocenters. The van der Waals surface area contributed by atoms with Crippen LogP contribution in [0, 0.1) is 12.7 Å². The molecule has 2 N–H and O–H groups in total. The van der Waals surface area contributed by atoms with Crippen LogP contribution in [0.15, 0.2) is 18.2 Å². The molecule has 0 saturated heterocycles. The highest BCUT2D eigenvalue weighted by atomic mass is 19.1. The van der Waals surface area contributed by atoms with E-state index in [1.165, 1.54) is 12.1 Å². The summed E-state index contributed by atoms with van der Waals surface area (Å²) in [6.07, 6.45) is 0.529. The van der Waals surface area contributed by atoms with Gasteiger partial charge in [-0.05, 0) is 50.1 Å². The zero-order chi connectivity index (χ0) is 13.6. The standard InChI is InChI=1S/C14H22FNO2/c1-11-4-5-12(15)10-13(11)14(2,17)6-7-16-8-9-18-3/h4-5,10,16-17H,6-9H2,1-3H3. The van der Waals surface area contributed by atoms with Gasteiger partial charge in [0.25, 0.3) is 0 Å². The zero-order valence-electron chi connectivity index (χ0n) is 11.3. The molecule has 1 aromatic rings. The van der Waals surface area contributed by atoms with Gasteiger partial charge in [-0.2, -0.15) is 0 Å². The largest absolute Gasteiger partial charge is 0.385 e. The smallest absolute Gasteiger partial charge is 0.123 e. The third kappa shape index (κ3) is 4.37. The molecule has 1 rings (SSSR count). The van der Waals surface area contributed by atoms with E-state index in [1.807, 2.05) is 6.92 Å². The topological polar surface area (TPSA) is 41.5 Å². The van der Waals surface area contributed by atoms with E-state index in [2.05, 4.69) is 5.32 Å². The number of rotatable bonds is 7. The second-order valence-corrected chi connectivity index (χ2v) is 4.73. The lowest BCUT2D eigenvalue weighted by atomic mass is 9.89. The molecule has 0 aliphatic heterocycles. The van der Waals surface area contributed by atoms with Gasteiger partial charge in [-0.25, -0.2) is 4.39 Å². The first-order valence-corrected chi connectivity index (χ1v) is 6.16. The minimum absolute atomic E-state index is 0.316. The quantitative estimate of drug-likeness (QED) is 0.732. The molecule has 0 aliphatic carbocycles. The molecule has 0 aromatic heterocycles. The van der Waals surface area contributed by atoms with Crippen molar-refractivity contribution in [3.8, 4) is 0 Å². The van der Waals surface area contributed by atoms with Crippen LogP contribution in [0.4, 0.5) is 4.39 Å². The summed E-state index contributed by atoms with van der Waals surface area (Å²) in [6.45, 7) is 5.64. The molecule has 0 amide bonds. The lowest BCUT2D eigenvalue weighted by Gasteiger charge is -2.26. The van der Waals surface area contributed by atoms with Crippen molar-refractivity contribution in [3.05, 3.63) is 35.1 Å². The Morgan fingerprint density at radius 2 is 2.11 bits per heavy atom. The van der Waals surface area contributed by atoms with Crippen LogP contribution in [-0.4, -0.2) is 31.9 Å². The average Bonchev–Trinajstić information content (AvgIpc) is 2.32. The summed E-state index contributed by atoms with van der Waals surface area (Å²) in [5.74, 6) is -0.316. The van der Waals surface area contributed by atoms with Crippen LogP contribution >= 0.6 is 0 Å². The fourth-order valence-electron chi connectivity index (χ4n) is 1.94. The Hall–Kier alpha value is -0.970. The van der Waals surface area contributed by atoms with E-state index < -0.39 is 5.60 Å². The summed E-state index contributed by atoms with van der Waals surface area (Å²) in [4.78, 5) is 0. The third-order valence-corrected chi connectivity index (χ3v) is 3.05. The second kappa shape index (κ2) is 6.83. The molecule has 1 aromatic carbocycles. The first-order chi connectivity index (χ1) is 8.47. The van der Waals surface area contributed by atoms with Gasteiger partial charge in [-0.15, -0.1) is 0 Å². The Kier molecular flexibility index (Phi) is 5.72. The molecule has 1 unspecified atom stereocenters. The van der Waals surface area contributed by atoms with Gasteiger partial charge in [0.2, 0.25) is 0 Å². The number of benzene rings is 1. The van der Waals surface area contributed by atoms with E-state index in [1.54, 1.807) is 20.1 Å². The maximum absolute atomic E-state index is 13.2. The van der Waals surface area contributed by atoms with Crippen molar-refractivity contribution in [1.82, 2.24) is 5.32 Å². The van der Waals surface area contributed by atoms with Crippen LogP contribution in [0.3, 0.4) is 0 Å². The van der Waals surface area contributed by atoms with Gasteiger partial charge in [-0.3, -0.25) is 0 Å². The van der Waals surface area contributed by atoms with Crippen molar-refractivity contribution >= 4 is 0 Å². The molecule has 0 fully saturated rings. The minimum Gasteiger partial charge on any atom is -0.385 e. The van der Waals surface area contributed by atoms with E-state index in [-0.39, 0.29) is 5.82 Å². The number of hydrogen-bond donors (Lipinski definition) is 2. The molecule has 0 heterocycles. The normalized spacial score (nSPS) is 14.5. The van der Waals surface area contributed by atoms with Gasteiger partial charge in [0, 0.05) is 13.7 Å². The predicted octanol–water partition coefficient (Wildman–Crippen LogP) is 1.97. The third-order valence-electron chi connectivity index (χ3n) is 3.05. The zero-order valence-corrected chi connectivity index (χ0v) is 11.3. The van der Waals surface area contributed by atoms with Gasteiger partial charge in [-0.1, -0.05) is 6.07 Å². The van der Waals surface area contributed by atoms with E-state index in [9.17, 15) is 9.50 Å². The average molecular weight is 255 g/mol. The van der Waals surface area contributed by atoms with Crippen molar-refractivity contribution in [2.45, 2.75) is 25.9 Å². The molecule has 4 heteroatoms. The van der Waals surface area contributed by atoms with Gasteiger partial charge >= 0.3 is 0 Å². The summed E-state index contributed by atoms with van der Waals surface area (Å²) < 4.78 is 18.1. The first-order valence-electron chi connectivity index (χ1n) is 6.16. The Balaban J connectivity index is 2.59. The van der Waals surface area contributed by atoms with Crippen molar-refractivity contribution in [3.63, 3.8) is 0 Å². The van der Waals surface area contributed by atoms with Crippen molar-refractivity contribution < 1.29 is 14.2 Å². The maximum Gasteiger partial charge on any atom is 0.123 e. The van der Waals surface area contributed by atoms with Gasteiger partial charge in [0.05, 0.1) is 12.2 Å².